The third-order valence-corrected chi connectivity index (χ3v) is 6.02. The van der Waals surface area contributed by atoms with Crippen LogP contribution in [0.25, 0.3) is 0 Å². The topological polar surface area (TPSA) is 87.6 Å². The lowest BCUT2D eigenvalue weighted by Crippen LogP contribution is -2.29. The average molecular weight is 420 g/mol. The van der Waals surface area contributed by atoms with Gasteiger partial charge in [-0.15, -0.1) is 4.40 Å². The normalized spacial score (nSPS) is 15.7. The fraction of sp³-hybridized carbons (Fsp3) is 0.300. The minimum absolute atomic E-state index is 0.0535. The summed E-state index contributed by atoms with van der Waals surface area (Å²) in [5.74, 6) is 0.239. The van der Waals surface area contributed by atoms with Gasteiger partial charge in [0.2, 0.25) is 5.91 Å². The number of benzene rings is 2. The minimum atomic E-state index is -3.70. The van der Waals surface area contributed by atoms with E-state index in [1.165, 1.54) is 6.07 Å². The predicted molar refractivity (Wildman–Crippen MR) is 111 cm³/mol. The van der Waals surface area contributed by atoms with E-state index >= 15 is 0 Å². The summed E-state index contributed by atoms with van der Waals surface area (Å²) in [5, 5.41) is 6.64. The quantitative estimate of drug-likeness (QED) is 0.717. The number of fused-ring (bicyclic) bond motifs is 1. The van der Waals surface area contributed by atoms with Gasteiger partial charge < -0.3 is 10.6 Å². The number of nitrogens with zero attached hydrogens (tertiary/aromatic N) is 1. The van der Waals surface area contributed by atoms with Crippen LogP contribution in [-0.4, -0.2) is 26.7 Å². The lowest BCUT2D eigenvalue weighted by atomic mass is 10.0. The van der Waals surface area contributed by atoms with E-state index in [1.807, 2.05) is 31.2 Å². The number of carbonyl (C=O) groups excluding carboxylic acids is 1. The van der Waals surface area contributed by atoms with Crippen molar-refractivity contribution < 1.29 is 13.2 Å². The van der Waals surface area contributed by atoms with Crippen LogP contribution in [0.3, 0.4) is 0 Å². The molecular weight excluding hydrogens is 398 g/mol. The molecule has 2 N–H and O–H groups in total. The van der Waals surface area contributed by atoms with Gasteiger partial charge >= 0.3 is 0 Å². The molecule has 1 heterocycles. The Hall–Kier alpha value is -2.38. The van der Waals surface area contributed by atoms with Gasteiger partial charge in [0.15, 0.2) is 0 Å². The number of hydrogen-bond donors (Lipinski definition) is 2. The summed E-state index contributed by atoms with van der Waals surface area (Å²) in [4.78, 5) is 12.3. The highest BCUT2D eigenvalue weighted by molar-refractivity contribution is 7.90. The molecule has 2 aromatic rings. The number of sulfonamides is 1. The molecule has 0 bridgehead atoms. The Bertz CT molecular complexity index is 988. The molecule has 0 spiro atoms. The fourth-order valence-corrected chi connectivity index (χ4v) is 4.33. The molecule has 0 saturated heterocycles. The number of anilines is 1. The van der Waals surface area contributed by atoms with E-state index in [0.717, 1.165) is 12.0 Å². The Morgan fingerprint density at radius 3 is 2.64 bits per heavy atom. The molecule has 1 aliphatic heterocycles. The van der Waals surface area contributed by atoms with Crippen LogP contribution in [0.4, 0.5) is 5.69 Å². The summed E-state index contributed by atoms with van der Waals surface area (Å²) < 4.78 is 28.4. The highest BCUT2D eigenvalue weighted by Crippen LogP contribution is 2.28. The Kier molecular flexibility index (Phi) is 6.36. The molecule has 148 valence electrons. The summed E-state index contributed by atoms with van der Waals surface area (Å²) in [6, 6.07) is 14.2. The van der Waals surface area contributed by atoms with Gasteiger partial charge in [-0.2, -0.15) is 8.42 Å². The molecule has 28 heavy (non-hydrogen) atoms. The van der Waals surface area contributed by atoms with Crippen molar-refractivity contribution in [3.8, 4) is 0 Å². The molecule has 1 amide bonds. The van der Waals surface area contributed by atoms with Crippen LogP contribution >= 0.6 is 11.6 Å². The summed E-state index contributed by atoms with van der Waals surface area (Å²) in [6.07, 6.45) is 1.39. The first kappa shape index (κ1) is 20.4. The third kappa shape index (κ3) is 5.33. The largest absolute Gasteiger partial charge is 0.356 e. The number of amides is 1. The number of para-hydroxylation sites is 1. The zero-order valence-electron chi connectivity index (χ0n) is 15.5. The highest BCUT2D eigenvalue weighted by Gasteiger charge is 2.25. The molecule has 0 fully saturated rings. The lowest BCUT2D eigenvalue weighted by molar-refractivity contribution is -0.121. The van der Waals surface area contributed by atoms with Crippen molar-refractivity contribution in [3.05, 3.63) is 59.1 Å². The zero-order chi connectivity index (χ0) is 20.1. The Balaban J connectivity index is 1.49. The standard InChI is InChI=1S/C20H22ClN3O3S/c1-14(13-20(25)22-11-10-15-6-8-16(21)9-7-15)12-19-23-17-4-2-3-5-18(17)28(26,27)24-19/h2-9,14H,10-13H2,1H3,(H,22,25)(H,23,24). The maximum absolute atomic E-state index is 12.3. The van der Waals surface area contributed by atoms with Gasteiger partial charge in [0.05, 0.1) is 5.69 Å². The average Bonchev–Trinajstić information content (AvgIpc) is 2.62. The van der Waals surface area contributed by atoms with Crippen molar-refractivity contribution in [1.82, 2.24) is 5.32 Å². The third-order valence-electron chi connectivity index (χ3n) is 4.40. The number of halogens is 1. The number of amidine groups is 1. The van der Waals surface area contributed by atoms with Gasteiger partial charge in [-0.3, -0.25) is 4.79 Å². The van der Waals surface area contributed by atoms with Gasteiger partial charge in [0.25, 0.3) is 10.0 Å². The second-order valence-corrected chi connectivity index (χ2v) is 8.88. The first-order chi connectivity index (χ1) is 13.3. The Morgan fingerprint density at radius 2 is 1.89 bits per heavy atom. The number of rotatable bonds is 7. The zero-order valence-corrected chi connectivity index (χ0v) is 17.1. The maximum atomic E-state index is 12.3. The summed E-state index contributed by atoms with van der Waals surface area (Å²) in [6.45, 7) is 2.43. The molecular formula is C20H22ClN3O3S. The molecule has 2 aromatic carbocycles. The Labute approximate surface area is 170 Å². The fourth-order valence-electron chi connectivity index (χ4n) is 3.04. The molecule has 1 atom stereocenters. The summed E-state index contributed by atoms with van der Waals surface area (Å²) in [7, 11) is -3.70. The van der Waals surface area contributed by atoms with Gasteiger partial charge in [0, 0.05) is 24.4 Å². The van der Waals surface area contributed by atoms with Crippen molar-refractivity contribution >= 4 is 39.1 Å². The monoisotopic (exact) mass is 419 g/mol. The molecule has 8 heteroatoms. The Morgan fingerprint density at radius 1 is 1.18 bits per heavy atom. The van der Waals surface area contributed by atoms with Gasteiger partial charge in [-0.25, -0.2) is 0 Å². The van der Waals surface area contributed by atoms with E-state index in [4.69, 9.17) is 11.6 Å². The molecule has 0 aromatic heterocycles. The maximum Gasteiger partial charge on any atom is 0.286 e. The molecule has 1 unspecified atom stereocenters. The smallest absolute Gasteiger partial charge is 0.286 e. The van der Waals surface area contributed by atoms with E-state index in [9.17, 15) is 13.2 Å². The van der Waals surface area contributed by atoms with Crippen LogP contribution in [-0.2, 0) is 21.2 Å². The van der Waals surface area contributed by atoms with Gasteiger partial charge in [-0.05, 0) is 42.2 Å². The van der Waals surface area contributed by atoms with Crippen LogP contribution in [0.2, 0.25) is 5.02 Å². The first-order valence-corrected chi connectivity index (χ1v) is 10.9. The second kappa shape index (κ2) is 8.75. The van der Waals surface area contributed by atoms with Crippen molar-refractivity contribution in [2.45, 2.75) is 31.1 Å². The summed E-state index contributed by atoms with van der Waals surface area (Å²) >= 11 is 5.86. The molecule has 1 aliphatic rings. The number of carbonyl (C=O) groups is 1. The van der Waals surface area contributed by atoms with Crippen molar-refractivity contribution in [1.29, 1.82) is 0 Å². The second-order valence-electron chi connectivity index (χ2n) is 6.87. The van der Waals surface area contributed by atoms with Crippen molar-refractivity contribution in [2.75, 3.05) is 11.9 Å². The van der Waals surface area contributed by atoms with E-state index in [2.05, 4.69) is 15.0 Å². The molecule has 0 aliphatic carbocycles. The highest BCUT2D eigenvalue weighted by atomic mass is 35.5. The molecule has 0 radical (unpaired) electrons. The van der Waals surface area contributed by atoms with Crippen LogP contribution in [0.1, 0.15) is 25.3 Å². The minimum Gasteiger partial charge on any atom is -0.356 e. The first-order valence-electron chi connectivity index (χ1n) is 9.04. The van der Waals surface area contributed by atoms with E-state index < -0.39 is 10.0 Å². The van der Waals surface area contributed by atoms with Crippen LogP contribution < -0.4 is 10.6 Å². The molecule has 0 saturated carbocycles. The number of nitrogens with one attached hydrogen (secondary N) is 2. The van der Waals surface area contributed by atoms with Gasteiger partial charge in [0.1, 0.15) is 10.7 Å². The van der Waals surface area contributed by atoms with Gasteiger partial charge in [-0.1, -0.05) is 42.8 Å². The van der Waals surface area contributed by atoms with Crippen LogP contribution in [0, 0.1) is 5.92 Å². The van der Waals surface area contributed by atoms with E-state index in [1.54, 1.807) is 18.2 Å². The summed E-state index contributed by atoms with van der Waals surface area (Å²) in [5.41, 5.74) is 1.62. The predicted octanol–water partition coefficient (Wildman–Crippen LogP) is 3.63. The van der Waals surface area contributed by atoms with Crippen molar-refractivity contribution in [3.63, 3.8) is 0 Å². The van der Waals surface area contributed by atoms with E-state index in [0.29, 0.717) is 35.9 Å². The van der Waals surface area contributed by atoms with Crippen molar-refractivity contribution in [2.24, 2.45) is 10.3 Å². The SMILES string of the molecule is CC(CC(=O)NCCc1ccc(Cl)cc1)CC1=NS(=O)(=O)c2ccccc2N1. The number of hydrogen-bond acceptors (Lipinski definition) is 4. The van der Waals surface area contributed by atoms with Crippen LogP contribution in [0.15, 0.2) is 57.8 Å². The molecule has 3 rings (SSSR count). The van der Waals surface area contributed by atoms with Crippen LogP contribution in [0.5, 0.6) is 0 Å². The molecule has 6 nitrogen and oxygen atoms in total. The van der Waals surface area contributed by atoms with E-state index in [-0.39, 0.29) is 16.7 Å². The lowest BCUT2D eigenvalue weighted by Gasteiger charge is -2.20.